The lowest BCUT2D eigenvalue weighted by Gasteiger charge is -2.44. The molecule has 25 heavy (non-hydrogen) atoms. The van der Waals surface area contributed by atoms with Crippen molar-refractivity contribution in [1.29, 1.82) is 0 Å². The van der Waals surface area contributed by atoms with Crippen LogP contribution in [0.1, 0.15) is 46.0 Å². The Kier molecular flexibility index (Phi) is 7.95. The van der Waals surface area contributed by atoms with Crippen molar-refractivity contribution in [3.63, 3.8) is 0 Å². The second kappa shape index (κ2) is 9.05. The van der Waals surface area contributed by atoms with E-state index in [-0.39, 0.29) is 18.1 Å². The van der Waals surface area contributed by atoms with Gasteiger partial charge in [0.2, 0.25) is 0 Å². The highest BCUT2D eigenvalue weighted by Gasteiger charge is 2.52. The maximum Gasteiger partial charge on any atom is 0.335 e. The zero-order valence-corrected chi connectivity index (χ0v) is 14.7. The molecule has 146 valence electrons. The monoisotopic (exact) mass is 362 g/mol. The van der Waals surface area contributed by atoms with E-state index in [2.05, 4.69) is 0 Å². The number of hydrogen-bond acceptors (Lipinski definition) is 7. The van der Waals surface area contributed by atoms with Crippen molar-refractivity contribution in [3.8, 4) is 0 Å². The van der Waals surface area contributed by atoms with Crippen LogP contribution in [-0.4, -0.2) is 72.9 Å². The Labute approximate surface area is 147 Å². The molecule has 8 heteroatoms. The van der Waals surface area contributed by atoms with Crippen molar-refractivity contribution >= 4 is 11.8 Å². The second-order valence-electron chi connectivity index (χ2n) is 7.24. The molecule has 0 aromatic rings. The molecule has 0 spiro atoms. The van der Waals surface area contributed by atoms with Crippen LogP contribution in [0.3, 0.4) is 0 Å². The number of carbonyl (C=O) groups excluding carboxylic acids is 1. The van der Waals surface area contributed by atoms with Gasteiger partial charge in [-0.3, -0.25) is 4.79 Å². The first-order valence-electron chi connectivity index (χ1n) is 8.70. The highest BCUT2D eigenvalue weighted by Crippen LogP contribution is 2.41. The molecule has 0 aromatic carbocycles. The van der Waals surface area contributed by atoms with E-state index in [0.29, 0.717) is 6.42 Å². The molecule has 8 nitrogen and oxygen atoms in total. The molecule has 1 aliphatic rings. The molecule has 0 saturated heterocycles. The highest BCUT2D eigenvalue weighted by molar-refractivity contribution is 5.81. The summed E-state index contributed by atoms with van der Waals surface area (Å²) >= 11 is 0. The molecule has 0 bridgehead atoms. The molecule has 7 atom stereocenters. The fraction of sp³-hybridized carbons (Fsp3) is 0.882. The SMILES string of the molecule is CCCC(C)C(=O)CC1C(O)CC(O)(C(=O)O)CC1C(O)C(O)CO. The second-order valence-corrected chi connectivity index (χ2v) is 7.24. The smallest absolute Gasteiger partial charge is 0.335 e. The van der Waals surface area contributed by atoms with Crippen LogP contribution in [0.15, 0.2) is 0 Å². The maximum absolute atomic E-state index is 12.4. The van der Waals surface area contributed by atoms with Crippen LogP contribution in [0, 0.1) is 17.8 Å². The number of aliphatic hydroxyl groups excluding tert-OH is 4. The zero-order valence-electron chi connectivity index (χ0n) is 14.7. The van der Waals surface area contributed by atoms with Crippen LogP contribution < -0.4 is 0 Å². The lowest BCUT2D eigenvalue weighted by atomic mass is 9.65. The Hall–Kier alpha value is -1.06. The molecule has 6 N–H and O–H groups in total. The quantitative estimate of drug-likeness (QED) is 0.314. The minimum atomic E-state index is -2.26. The van der Waals surface area contributed by atoms with Gasteiger partial charge in [-0.05, 0) is 24.7 Å². The fourth-order valence-corrected chi connectivity index (χ4v) is 3.66. The Morgan fingerprint density at radius 3 is 2.32 bits per heavy atom. The summed E-state index contributed by atoms with van der Waals surface area (Å²) < 4.78 is 0. The van der Waals surface area contributed by atoms with E-state index in [1.807, 2.05) is 6.92 Å². The molecule has 1 fully saturated rings. The Morgan fingerprint density at radius 2 is 1.84 bits per heavy atom. The number of carbonyl (C=O) groups is 2. The molecule has 7 unspecified atom stereocenters. The Morgan fingerprint density at radius 1 is 1.24 bits per heavy atom. The number of aliphatic hydroxyl groups is 5. The zero-order chi connectivity index (χ0) is 19.4. The largest absolute Gasteiger partial charge is 0.479 e. The summed E-state index contributed by atoms with van der Waals surface area (Å²) in [6.07, 6.45) is -3.92. The van der Waals surface area contributed by atoms with Crippen LogP contribution >= 0.6 is 0 Å². The number of Topliss-reactive ketones (excluding diaryl/α,β-unsaturated/α-hetero) is 1. The van der Waals surface area contributed by atoms with Crippen LogP contribution in [0.5, 0.6) is 0 Å². The minimum absolute atomic E-state index is 0.0854. The lowest BCUT2D eigenvalue weighted by molar-refractivity contribution is -0.183. The lowest BCUT2D eigenvalue weighted by Crippen LogP contribution is -2.56. The summed E-state index contributed by atoms with van der Waals surface area (Å²) in [6, 6.07) is 0. The molecule has 1 aliphatic carbocycles. The fourth-order valence-electron chi connectivity index (χ4n) is 3.66. The van der Waals surface area contributed by atoms with Gasteiger partial charge in [-0.25, -0.2) is 4.79 Å². The van der Waals surface area contributed by atoms with Crippen molar-refractivity contribution in [1.82, 2.24) is 0 Å². The summed E-state index contributed by atoms with van der Waals surface area (Å²) in [5.41, 5.74) is -2.26. The standard InChI is InChI=1S/C17H30O8/c1-3-4-9(2)12(19)5-10-11(15(22)14(21)8-18)6-17(25,16(23)24)7-13(10)20/h9-11,13-15,18,20-22,25H,3-8H2,1-2H3,(H,23,24). The van der Waals surface area contributed by atoms with Gasteiger partial charge < -0.3 is 30.6 Å². The predicted octanol–water partition coefficient (Wildman–Crippen LogP) is -0.701. The number of hydrogen-bond donors (Lipinski definition) is 6. The molecule has 0 amide bonds. The minimum Gasteiger partial charge on any atom is -0.479 e. The van der Waals surface area contributed by atoms with Gasteiger partial charge in [0.05, 0.1) is 18.8 Å². The van der Waals surface area contributed by atoms with Gasteiger partial charge >= 0.3 is 5.97 Å². The first-order chi connectivity index (χ1) is 11.6. The number of ketones is 1. The third-order valence-electron chi connectivity index (χ3n) is 5.29. The molecular weight excluding hydrogens is 332 g/mol. The van der Waals surface area contributed by atoms with Gasteiger partial charge in [-0.1, -0.05) is 20.3 Å². The number of aliphatic carboxylic acids is 1. The van der Waals surface area contributed by atoms with E-state index < -0.39 is 61.2 Å². The molecule has 0 heterocycles. The molecule has 0 aliphatic heterocycles. The molecule has 0 radical (unpaired) electrons. The summed E-state index contributed by atoms with van der Waals surface area (Å²) in [7, 11) is 0. The highest BCUT2D eigenvalue weighted by atomic mass is 16.4. The maximum atomic E-state index is 12.4. The third-order valence-corrected chi connectivity index (χ3v) is 5.29. The summed E-state index contributed by atoms with van der Waals surface area (Å²) in [5, 5.41) is 58.8. The molecule has 1 rings (SSSR count). The number of carboxylic acids is 1. The summed E-state index contributed by atoms with van der Waals surface area (Å²) in [4.78, 5) is 23.7. The van der Waals surface area contributed by atoms with Gasteiger partial charge in [0, 0.05) is 18.8 Å². The third kappa shape index (κ3) is 5.21. The summed E-state index contributed by atoms with van der Waals surface area (Å²) in [6.45, 7) is 2.95. The van der Waals surface area contributed by atoms with Crippen LogP contribution in [0.25, 0.3) is 0 Å². The predicted molar refractivity (Wildman–Crippen MR) is 87.6 cm³/mol. The average molecular weight is 362 g/mol. The van der Waals surface area contributed by atoms with Crippen LogP contribution in [-0.2, 0) is 9.59 Å². The Balaban J connectivity index is 3.06. The van der Waals surface area contributed by atoms with Crippen LogP contribution in [0.4, 0.5) is 0 Å². The van der Waals surface area contributed by atoms with Crippen molar-refractivity contribution in [3.05, 3.63) is 0 Å². The number of carboxylic acid groups (broad SMARTS) is 1. The van der Waals surface area contributed by atoms with Crippen molar-refractivity contribution < 1.29 is 40.2 Å². The topological polar surface area (TPSA) is 156 Å². The van der Waals surface area contributed by atoms with Crippen LogP contribution in [0.2, 0.25) is 0 Å². The van der Waals surface area contributed by atoms with E-state index in [9.17, 15) is 35.1 Å². The molecular formula is C17H30O8. The van der Waals surface area contributed by atoms with Gasteiger partial charge in [0.25, 0.3) is 0 Å². The summed E-state index contributed by atoms with van der Waals surface area (Å²) in [5.74, 6) is -3.74. The van der Waals surface area contributed by atoms with Crippen molar-refractivity contribution in [2.24, 2.45) is 17.8 Å². The Bertz CT molecular complexity index is 468. The van der Waals surface area contributed by atoms with Crippen molar-refractivity contribution in [2.45, 2.75) is 69.9 Å². The van der Waals surface area contributed by atoms with E-state index in [1.54, 1.807) is 6.92 Å². The molecule has 1 saturated carbocycles. The van der Waals surface area contributed by atoms with E-state index >= 15 is 0 Å². The van der Waals surface area contributed by atoms with Crippen molar-refractivity contribution in [2.75, 3.05) is 6.61 Å². The van der Waals surface area contributed by atoms with E-state index in [4.69, 9.17) is 5.11 Å². The molecule has 0 aromatic heterocycles. The van der Waals surface area contributed by atoms with E-state index in [0.717, 1.165) is 6.42 Å². The van der Waals surface area contributed by atoms with Gasteiger partial charge in [-0.15, -0.1) is 0 Å². The first-order valence-corrected chi connectivity index (χ1v) is 8.70. The first kappa shape index (κ1) is 22.0. The van der Waals surface area contributed by atoms with Gasteiger partial charge in [-0.2, -0.15) is 0 Å². The van der Waals surface area contributed by atoms with E-state index in [1.165, 1.54) is 0 Å². The van der Waals surface area contributed by atoms with Gasteiger partial charge in [0.15, 0.2) is 5.60 Å². The van der Waals surface area contributed by atoms with Gasteiger partial charge in [0.1, 0.15) is 11.9 Å². The average Bonchev–Trinajstić information content (AvgIpc) is 2.55. The normalized spacial score (nSPS) is 33.5. The number of rotatable bonds is 9.